The van der Waals surface area contributed by atoms with Crippen LogP contribution in [0, 0.1) is 41.5 Å². The molecule has 5 aromatic rings. The average molecular weight is 811 g/mol. The molecule has 0 saturated heterocycles. The number of hydrogen-bond acceptors (Lipinski definition) is 10. The highest BCUT2D eigenvalue weighted by molar-refractivity contribution is 7.86. The molecule has 0 atom stereocenters. The molecule has 0 aliphatic carbocycles. The molecule has 0 spiro atoms. The molecule has 0 aromatic heterocycles. The van der Waals surface area contributed by atoms with Crippen molar-refractivity contribution in [1.29, 1.82) is 0 Å². The molecule has 0 amide bonds. The van der Waals surface area contributed by atoms with Gasteiger partial charge in [-0.15, -0.1) is 0 Å². The molecule has 0 aliphatic rings. The van der Waals surface area contributed by atoms with Crippen LogP contribution in [-0.2, 0) is 30.4 Å². The minimum Gasteiger partial charge on any atom is -0.495 e. The summed E-state index contributed by atoms with van der Waals surface area (Å²) in [6, 6.07) is 19.5. The van der Waals surface area contributed by atoms with E-state index >= 15 is 0 Å². The number of methoxy groups -OCH3 is 2. The fraction of sp³-hybridized carbons (Fsp3) is 0.231. The van der Waals surface area contributed by atoms with Gasteiger partial charge in [0.15, 0.2) is 0 Å². The molecule has 13 nitrogen and oxygen atoms in total. The van der Waals surface area contributed by atoms with E-state index in [9.17, 15) is 38.9 Å². The minimum atomic E-state index is -4.71. The van der Waals surface area contributed by atoms with Gasteiger partial charge >= 0.3 is 0 Å². The van der Waals surface area contributed by atoms with Crippen LogP contribution in [0.4, 0.5) is 22.7 Å². The predicted octanol–water partition coefficient (Wildman–Crippen LogP) is 7.96. The van der Waals surface area contributed by atoms with Crippen LogP contribution < -0.4 is 20.1 Å². The van der Waals surface area contributed by atoms with Crippen LogP contribution in [0.3, 0.4) is 0 Å². The van der Waals surface area contributed by atoms with Crippen molar-refractivity contribution in [3.63, 3.8) is 0 Å². The third kappa shape index (κ3) is 8.34. The van der Waals surface area contributed by atoms with E-state index in [2.05, 4.69) is 10.6 Å². The van der Waals surface area contributed by atoms with E-state index in [0.717, 1.165) is 0 Å². The van der Waals surface area contributed by atoms with Crippen LogP contribution in [0.2, 0.25) is 0 Å². The highest BCUT2D eigenvalue weighted by atomic mass is 32.2. The van der Waals surface area contributed by atoms with Gasteiger partial charge in [0.2, 0.25) is 0 Å². The molecule has 5 rings (SSSR count). The van der Waals surface area contributed by atoms with Crippen molar-refractivity contribution in [3.05, 3.63) is 123 Å². The third-order valence-corrected chi connectivity index (χ3v) is 12.7. The Morgan fingerprint density at radius 1 is 0.527 bits per heavy atom. The molecule has 0 saturated carbocycles. The highest BCUT2D eigenvalue weighted by Gasteiger charge is 2.28. The Morgan fingerprint density at radius 2 is 0.927 bits per heavy atom. The zero-order valence-electron chi connectivity index (χ0n) is 31.3. The summed E-state index contributed by atoms with van der Waals surface area (Å²) in [6.45, 7) is 9.92. The topological polar surface area (TPSA) is 206 Å². The molecule has 55 heavy (non-hydrogen) atoms. The zero-order valence-corrected chi connectivity index (χ0v) is 33.8. The van der Waals surface area contributed by atoms with Crippen LogP contribution in [-0.4, -0.2) is 53.1 Å². The number of aryl methyl sites for hydroxylation is 4. The second kappa shape index (κ2) is 15.3. The Bertz CT molecular complexity index is 2530. The molecule has 5 aromatic carbocycles. The molecule has 0 fully saturated rings. The van der Waals surface area contributed by atoms with E-state index in [-0.39, 0.29) is 20.2 Å². The monoisotopic (exact) mass is 810 g/mol. The van der Waals surface area contributed by atoms with E-state index in [0.29, 0.717) is 78.8 Å². The summed E-state index contributed by atoms with van der Waals surface area (Å²) >= 11 is 0. The summed E-state index contributed by atoms with van der Waals surface area (Å²) in [5, 5.41) is 6.48. The Balaban J connectivity index is 1.68. The second-order valence-corrected chi connectivity index (χ2v) is 17.4. The van der Waals surface area contributed by atoms with Crippen molar-refractivity contribution >= 4 is 53.1 Å². The fourth-order valence-corrected chi connectivity index (χ4v) is 9.91. The maximum atomic E-state index is 12.7. The first-order chi connectivity index (χ1) is 25.6. The maximum absolute atomic E-state index is 12.7. The van der Waals surface area contributed by atoms with Gasteiger partial charge in [0.1, 0.15) is 21.3 Å². The summed E-state index contributed by atoms with van der Waals surface area (Å²) < 4.78 is 116. The van der Waals surface area contributed by atoms with Crippen molar-refractivity contribution in [2.45, 2.75) is 62.1 Å². The third-order valence-electron chi connectivity index (χ3n) is 9.46. The van der Waals surface area contributed by atoms with Crippen molar-refractivity contribution in [2.24, 2.45) is 0 Å². The van der Waals surface area contributed by atoms with Gasteiger partial charge in [0.25, 0.3) is 30.4 Å². The first-order valence-electron chi connectivity index (χ1n) is 16.7. The molecule has 0 bridgehead atoms. The molecule has 0 aliphatic heterocycles. The van der Waals surface area contributed by atoms with Crippen LogP contribution >= 0.6 is 0 Å². The van der Waals surface area contributed by atoms with E-state index in [1.54, 1.807) is 102 Å². The number of anilines is 4. The summed E-state index contributed by atoms with van der Waals surface area (Å²) in [5.74, 6) is -0.221. The SMILES string of the molecule is COc1cc(C(c2ccc(Nc3c(C)cc(C)c(S(=O)(=O)O)c3C)c(OC)c2)c2ccccc2S(=O)(=O)O)ccc1Nc1c(C)cc(C)c(S(=O)(=O)O)c1C. The lowest BCUT2D eigenvalue weighted by Crippen LogP contribution is -2.12. The lowest BCUT2D eigenvalue weighted by Gasteiger charge is -2.24. The lowest BCUT2D eigenvalue weighted by atomic mass is 9.84. The number of hydrogen-bond donors (Lipinski definition) is 5. The quantitative estimate of drug-likeness (QED) is 0.0600. The summed E-state index contributed by atoms with van der Waals surface area (Å²) in [6.07, 6.45) is 0. The van der Waals surface area contributed by atoms with Gasteiger partial charge < -0.3 is 20.1 Å². The first-order valence-corrected chi connectivity index (χ1v) is 21.0. The van der Waals surface area contributed by atoms with Gasteiger partial charge in [-0.1, -0.05) is 42.5 Å². The highest BCUT2D eigenvalue weighted by Crippen LogP contribution is 2.43. The maximum Gasteiger partial charge on any atom is 0.295 e. The first kappa shape index (κ1) is 41.2. The van der Waals surface area contributed by atoms with Gasteiger partial charge in [-0.25, -0.2) is 0 Å². The Morgan fingerprint density at radius 3 is 1.29 bits per heavy atom. The molecular formula is C39H42N2O11S3. The largest absolute Gasteiger partial charge is 0.495 e. The van der Waals surface area contributed by atoms with Gasteiger partial charge in [-0.2, -0.15) is 25.3 Å². The van der Waals surface area contributed by atoms with Crippen LogP contribution in [0.15, 0.2) is 87.5 Å². The summed E-state index contributed by atoms with van der Waals surface area (Å²) in [4.78, 5) is -0.748. The standard InChI is InChI=1S/C39H42N2O11S3/c1-21-17-23(3)38(54(45,46)47)25(5)36(21)40-30-15-13-27(19-32(30)51-7)35(29-11-9-10-12-34(29)53(42,43)44)28-14-16-31(33(20-28)52-8)41-37-22(2)18-24(4)39(26(37)6)55(48,49)50/h9-20,35,40-41H,1-8H3,(H,42,43,44)(H,45,46,47)(H,48,49,50). The van der Waals surface area contributed by atoms with Crippen LogP contribution in [0.1, 0.15) is 56.0 Å². The van der Waals surface area contributed by atoms with Crippen molar-refractivity contribution in [3.8, 4) is 11.5 Å². The molecule has 0 unspecified atom stereocenters. The van der Waals surface area contributed by atoms with Gasteiger partial charge in [0, 0.05) is 17.3 Å². The molecule has 292 valence electrons. The predicted molar refractivity (Wildman–Crippen MR) is 211 cm³/mol. The van der Waals surface area contributed by atoms with Crippen LogP contribution in [0.25, 0.3) is 0 Å². The number of rotatable bonds is 12. The van der Waals surface area contributed by atoms with E-state index in [4.69, 9.17) is 9.47 Å². The normalized spacial score (nSPS) is 12.1. The van der Waals surface area contributed by atoms with E-state index in [1.807, 2.05) is 0 Å². The Labute approximate surface area is 321 Å². The molecule has 0 heterocycles. The summed E-state index contributed by atoms with van der Waals surface area (Å²) in [5.41, 5.74) is 5.87. The summed E-state index contributed by atoms with van der Waals surface area (Å²) in [7, 11) is -10.9. The minimum absolute atomic E-state index is 0.212. The smallest absolute Gasteiger partial charge is 0.295 e. The zero-order chi connectivity index (χ0) is 40.8. The van der Waals surface area contributed by atoms with Crippen LogP contribution in [0.5, 0.6) is 11.5 Å². The van der Waals surface area contributed by atoms with Crippen molar-refractivity contribution in [1.82, 2.24) is 0 Å². The van der Waals surface area contributed by atoms with E-state index < -0.39 is 36.3 Å². The van der Waals surface area contributed by atoms with Gasteiger partial charge in [-0.3, -0.25) is 13.7 Å². The van der Waals surface area contributed by atoms with Crippen molar-refractivity contribution in [2.75, 3.05) is 24.9 Å². The van der Waals surface area contributed by atoms with Crippen molar-refractivity contribution < 1.29 is 48.4 Å². The van der Waals surface area contributed by atoms with E-state index in [1.165, 1.54) is 26.4 Å². The average Bonchev–Trinajstić information content (AvgIpc) is 3.07. The molecule has 5 N–H and O–H groups in total. The molecular weight excluding hydrogens is 769 g/mol. The molecule has 0 radical (unpaired) electrons. The van der Waals surface area contributed by atoms with Gasteiger partial charge in [0.05, 0.1) is 30.5 Å². The lowest BCUT2D eigenvalue weighted by molar-refractivity contribution is 0.415. The number of benzene rings is 5. The Kier molecular flexibility index (Phi) is 11.4. The number of ether oxygens (including phenoxy) is 2. The van der Waals surface area contributed by atoms with Gasteiger partial charge in [-0.05, 0) is 122 Å². The molecule has 16 heteroatoms. The fourth-order valence-electron chi connectivity index (χ4n) is 7.27. The Hall–Kier alpha value is -4.97. The second-order valence-electron chi connectivity index (χ2n) is 13.2. The number of nitrogens with one attached hydrogen (secondary N) is 2.